The molecule has 0 spiro atoms. The lowest BCUT2D eigenvalue weighted by atomic mass is 10.0. The van der Waals surface area contributed by atoms with E-state index in [4.69, 9.17) is 4.74 Å². The van der Waals surface area contributed by atoms with Crippen molar-refractivity contribution in [3.05, 3.63) is 65.7 Å². The van der Waals surface area contributed by atoms with Crippen molar-refractivity contribution in [1.29, 1.82) is 0 Å². The maximum absolute atomic E-state index is 12.1. The Kier molecular flexibility index (Phi) is 7.29. The summed E-state index contributed by atoms with van der Waals surface area (Å²) in [5.74, 6) is 0.776. The fourth-order valence-corrected chi connectivity index (χ4v) is 2.60. The molecule has 0 radical (unpaired) electrons. The molecule has 0 bridgehead atoms. The molecule has 2 atom stereocenters. The summed E-state index contributed by atoms with van der Waals surface area (Å²) in [7, 11) is 0. The van der Waals surface area contributed by atoms with Crippen LogP contribution in [0.2, 0.25) is 0 Å². The van der Waals surface area contributed by atoms with Crippen molar-refractivity contribution in [2.75, 3.05) is 6.61 Å². The van der Waals surface area contributed by atoms with Gasteiger partial charge in [-0.3, -0.25) is 0 Å². The first-order chi connectivity index (χ1) is 12.1. The number of aliphatic hydroxyl groups excluding tert-OH is 1. The van der Waals surface area contributed by atoms with Gasteiger partial charge in [0.25, 0.3) is 0 Å². The molecule has 134 valence electrons. The number of amides is 2. The number of hydrogen-bond donors (Lipinski definition) is 3. The summed E-state index contributed by atoms with van der Waals surface area (Å²) >= 11 is 0. The van der Waals surface area contributed by atoms with Gasteiger partial charge in [0.15, 0.2) is 0 Å². The predicted octanol–water partition coefficient (Wildman–Crippen LogP) is 3.40. The quantitative estimate of drug-likeness (QED) is 0.688. The number of benzene rings is 2. The van der Waals surface area contributed by atoms with Crippen LogP contribution in [0.25, 0.3) is 0 Å². The third-order valence-electron chi connectivity index (χ3n) is 3.85. The summed E-state index contributed by atoms with van der Waals surface area (Å²) in [6.07, 6.45) is -0.150. The molecule has 2 aromatic carbocycles. The van der Waals surface area contributed by atoms with Gasteiger partial charge in [-0.1, -0.05) is 48.5 Å². The van der Waals surface area contributed by atoms with Gasteiger partial charge in [-0.2, -0.15) is 0 Å². The van der Waals surface area contributed by atoms with Crippen molar-refractivity contribution in [3.8, 4) is 5.75 Å². The van der Waals surface area contributed by atoms with E-state index in [9.17, 15) is 9.90 Å². The number of rotatable bonds is 8. The van der Waals surface area contributed by atoms with Crippen molar-refractivity contribution in [2.45, 2.75) is 39.0 Å². The number of urea groups is 1. The zero-order chi connectivity index (χ0) is 18.1. The number of carbonyl (C=O) groups excluding carboxylic acids is 1. The molecule has 0 aliphatic rings. The monoisotopic (exact) mass is 342 g/mol. The van der Waals surface area contributed by atoms with Crippen LogP contribution < -0.4 is 15.4 Å². The predicted molar refractivity (Wildman–Crippen MR) is 98.5 cm³/mol. The van der Waals surface area contributed by atoms with Crippen LogP contribution in [0.5, 0.6) is 5.75 Å². The zero-order valence-electron chi connectivity index (χ0n) is 14.7. The summed E-state index contributed by atoms with van der Waals surface area (Å²) in [6, 6.07) is 16.6. The fraction of sp³-hybridized carbons (Fsp3) is 0.350. The van der Waals surface area contributed by atoms with Crippen LogP contribution in [0, 0.1) is 0 Å². The van der Waals surface area contributed by atoms with Crippen LogP contribution in [0.15, 0.2) is 54.6 Å². The number of hydrogen-bond acceptors (Lipinski definition) is 3. The van der Waals surface area contributed by atoms with Gasteiger partial charge in [0, 0.05) is 18.2 Å². The fourth-order valence-electron chi connectivity index (χ4n) is 2.60. The summed E-state index contributed by atoms with van der Waals surface area (Å²) in [6.45, 7) is 4.77. The van der Waals surface area contributed by atoms with E-state index >= 15 is 0 Å². The van der Waals surface area contributed by atoms with Crippen molar-refractivity contribution in [3.63, 3.8) is 0 Å². The minimum atomic E-state index is -0.602. The van der Waals surface area contributed by atoms with Gasteiger partial charge in [-0.05, 0) is 31.9 Å². The van der Waals surface area contributed by atoms with E-state index in [1.165, 1.54) is 0 Å². The van der Waals surface area contributed by atoms with Crippen LogP contribution in [-0.2, 0) is 6.54 Å². The van der Waals surface area contributed by atoms with E-state index in [0.29, 0.717) is 19.6 Å². The molecule has 0 aliphatic heterocycles. The Morgan fingerprint density at radius 2 is 1.80 bits per heavy atom. The normalized spacial score (nSPS) is 12.9. The molecule has 3 N–H and O–H groups in total. The molecule has 0 heterocycles. The van der Waals surface area contributed by atoms with Gasteiger partial charge in [0.05, 0.1) is 12.7 Å². The van der Waals surface area contributed by atoms with Crippen LogP contribution in [-0.4, -0.2) is 23.8 Å². The molecule has 0 aliphatic carbocycles. The Bertz CT molecular complexity index is 661. The average molecular weight is 342 g/mol. The summed E-state index contributed by atoms with van der Waals surface area (Å²) in [5.41, 5.74) is 1.78. The van der Waals surface area contributed by atoms with Gasteiger partial charge in [-0.25, -0.2) is 4.79 Å². The molecular formula is C20H26N2O3. The van der Waals surface area contributed by atoms with Crippen molar-refractivity contribution in [1.82, 2.24) is 10.6 Å². The Morgan fingerprint density at radius 3 is 2.52 bits per heavy atom. The van der Waals surface area contributed by atoms with E-state index in [1.54, 1.807) is 0 Å². The summed E-state index contributed by atoms with van der Waals surface area (Å²) < 4.78 is 5.55. The van der Waals surface area contributed by atoms with Crippen molar-refractivity contribution in [2.24, 2.45) is 0 Å². The Labute approximate surface area is 149 Å². The smallest absolute Gasteiger partial charge is 0.315 e. The topological polar surface area (TPSA) is 70.6 Å². The highest BCUT2D eigenvalue weighted by Crippen LogP contribution is 2.18. The molecule has 0 fully saturated rings. The van der Waals surface area contributed by atoms with Crippen LogP contribution in [0.4, 0.5) is 4.79 Å². The first-order valence-electron chi connectivity index (χ1n) is 8.58. The van der Waals surface area contributed by atoms with E-state index < -0.39 is 6.10 Å². The molecular weight excluding hydrogens is 316 g/mol. The summed E-state index contributed by atoms with van der Waals surface area (Å²) in [4.78, 5) is 12.1. The third-order valence-corrected chi connectivity index (χ3v) is 3.85. The second-order valence-electron chi connectivity index (χ2n) is 5.93. The second kappa shape index (κ2) is 9.69. The molecule has 2 unspecified atom stereocenters. The van der Waals surface area contributed by atoms with E-state index in [2.05, 4.69) is 10.6 Å². The lowest BCUT2D eigenvalue weighted by Gasteiger charge is -2.19. The van der Waals surface area contributed by atoms with Gasteiger partial charge in [-0.15, -0.1) is 0 Å². The molecule has 2 rings (SSSR count). The zero-order valence-corrected chi connectivity index (χ0v) is 14.7. The number of aliphatic hydroxyl groups is 1. The van der Waals surface area contributed by atoms with E-state index in [-0.39, 0.29) is 12.1 Å². The number of nitrogens with one attached hydrogen (secondary N) is 2. The van der Waals surface area contributed by atoms with Crippen LogP contribution in [0.1, 0.15) is 37.5 Å². The molecule has 2 amide bonds. The lowest BCUT2D eigenvalue weighted by Crippen LogP contribution is -2.41. The maximum Gasteiger partial charge on any atom is 0.315 e. The van der Waals surface area contributed by atoms with Crippen molar-refractivity contribution >= 4 is 6.03 Å². The van der Waals surface area contributed by atoms with Crippen molar-refractivity contribution < 1.29 is 14.6 Å². The molecule has 2 aromatic rings. The molecule has 0 aromatic heterocycles. The lowest BCUT2D eigenvalue weighted by molar-refractivity contribution is 0.154. The van der Waals surface area contributed by atoms with Crippen LogP contribution >= 0.6 is 0 Å². The largest absolute Gasteiger partial charge is 0.494 e. The Morgan fingerprint density at radius 1 is 1.12 bits per heavy atom. The maximum atomic E-state index is 12.1. The minimum absolute atomic E-state index is 0.155. The standard InChI is InChI=1S/C20H26N2O3/c1-3-25-19-12-8-7-11-17(19)14-21-20(24)22-15(2)13-18(23)16-9-5-4-6-10-16/h4-12,15,18,23H,3,13-14H2,1-2H3,(H2,21,22,24). The molecule has 5 heteroatoms. The number of carbonyl (C=O) groups is 1. The molecule has 25 heavy (non-hydrogen) atoms. The Balaban J connectivity index is 1.80. The van der Waals surface area contributed by atoms with Crippen LogP contribution in [0.3, 0.4) is 0 Å². The average Bonchev–Trinajstić information content (AvgIpc) is 2.62. The number of para-hydroxylation sites is 1. The van der Waals surface area contributed by atoms with E-state index in [0.717, 1.165) is 16.9 Å². The Hall–Kier alpha value is -2.53. The molecule has 0 saturated carbocycles. The highest BCUT2D eigenvalue weighted by Gasteiger charge is 2.14. The van der Waals surface area contributed by atoms with Gasteiger partial charge in [0.2, 0.25) is 0 Å². The second-order valence-corrected chi connectivity index (χ2v) is 5.93. The highest BCUT2D eigenvalue weighted by atomic mass is 16.5. The first kappa shape index (κ1) is 18.8. The summed E-state index contributed by atoms with van der Waals surface area (Å²) in [5, 5.41) is 15.9. The SMILES string of the molecule is CCOc1ccccc1CNC(=O)NC(C)CC(O)c1ccccc1. The van der Waals surface area contributed by atoms with Gasteiger partial charge >= 0.3 is 6.03 Å². The number of ether oxygens (including phenoxy) is 1. The van der Waals surface area contributed by atoms with Gasteiger partial charge < -0.3 is 20.5 Å². The van der Waals surface area contributed by atoms with Gasteiger partial charge in [0.1, 0.15) is 5.75 Å². The third kappa shape index (κ3) is 6.12. The molecule has 5 nitrogen and oxygen atoms in total. The minimum Gasteiger partial charge on any atom is -0.494 e. The highest BCUT2D eigenvalue weighted by molar-refractivity contribution is 5.74. The first-order valence-corrected chi connectivity index (χ1v) is 8.58. The van der Waals surface area contributed by atoms with E-state index in [1.807, 2.05) is 68.4 Å². The molecule has 0 saturated heterocycles.